The third-order valence-corrected chi connectivity index (χ3v) is 2.77. The van der Waals surface area contributed by atoms with E-state index in [1.807, 2.05) is 12.1 Å². The van der Waals surface area contributed by atoms with Gasteiger partial charge in [0.1, 0.15) is 9.84 Å². The minimum atomic E-state index is -2.99. The second kappa shape index (κ2) is 4.52. The lowest BCUT2D eigenvalue weighted by Crippen LogP contribution is -2.31. The Balaban J connectivity index is 2.54. The maximum absolute atomic E-state index is 10.9. The molecule has 1 heterocycles. The van der Waals surface area contributed by atoms with Gasteiger partial charge in [0.2, 0.25) is 0 Å². The second-order valence-electron chi connectivity index (χ2n) is 3.42. The van der Waals surface area contributed by atoms with Crippen molar-refractivity contribution in [2.75, 3.05) is 12.0 Å². The van der Waals surface area contributed by atoms with E-state index in [0.29, 0.717) is 6.42 Å². The van der Waals surface area contributed by atoms with Crippen LogP contribution in [0.3, 0.4) is 0 Å². The summed E-state index contributed by atoms with van der Waals surface area (Å²) in [6.45, 7) is 0. The Hall–Kier alpha value is -0.940. The topological polar surface area (TPSA) is 73.0 Å². The fraction of sp³-hybridized carbons (Fsp3) is 0.444. The third-order valence-electron chi connectivity index (χ3n) is 1.74. The van der Waals surface area contributed by atoms with Crippen LogP contribution in [0.25, 0.3) is 0 Å². The molecule has 1 unspecified atom stereocenters. The summed E-state index contributed by atoms with van der Waals surface area (Å²) in [6.07, 6.45) is 5.10. The first kappa shape index (κ1) is 11.1. The maximum atomic E-state index is 10.9. The fourth-order valence-corrected chi connectivity index (χ4v) is 2.17. The lowest BCUT2D eigenvalue weighted by atomic mass is 10.1. The summed E-state index contributed by atoms with van der Waals surface area (Å²) < 4.78 is 21.9. The van der Waals surface area contributed by atoms with E-state index in [1.165, 1.54) is 6.26 Å². The van der Waals surface area contributed by atoms with Crippen LogP contribution in [0.4, 0.5) is 0 Å². The van der Waals surface area contributed by atoms with E-state index in [1.54, 1.807) is 12.4 Å². The van der Waals surface area contributed by atoms with Crippen LogP contribution < -0.4 is 5.73 Å². The van der Waals surface area contributed by atoms with E-state index in [9.17, 15) is 8.42 Å². The zero-order valence-electron chi connectivity index (χ0n) is 8.05. The molecule has 1 atom stereocenters. The van der Waals surface area contributed by atoms with Crippen LogP contribution in [0.5, 0.6) is 0 Å². The van der Waals surface area contributed by atoms with E-state index >= 15 is 0 Å². The summed E-state index contributed by atoms with van der Waals surface area (Å²) in [4.78, 5) is 3.93. The van der Waals surface area contributed by atoms with Gasteiger partial charge in [-0.3, -0.25) is 4.98 Å². The second-order valence-corrected chi connectivity index (χ2v) is 5.60. The highest BCUT2D eigenvalue weighted by Gasteiger charge is 2.11. The van der Waals surface area contributed by atoms with E-state index < -0.39 is 9.84 Å². The Morgan fingerprint density at radius 3 is 2.79 bits per heavy atom. The smallest absolute Gasteiger partial charge is 0.148 e. The first-order valence-electron chi connectivity index (χ1n) is 4.29. The summed E-state index contributed by atoms with van der Waals surface area (Å²) >= 11 is 0. The summed E-state index contributed by atoms with van der Waals surface area (Å²) in [7, 11) is -2.99. The van der Waals surface area contributed by atoms with Crippen LogP contribution in [-0.2, 0) is 16.3 Å². The van der Waals surface area contributed by atoms with E-state index in [-0.39, 0.29) is 11.8 Å². The van der Waals surface area contributed by atoms with Gasteiger partial charge in [-0.25, -0.2) is 8.42 Å². The Morgan fingerprint density at radius 1 is 1.57 bits per heavy atom. The molecule has 0 saturated heterocycles. The van der Waals surface area contributed by atoms with Crippen molar-refractivity contribution in [3.05, 3.63) is 30.1 Å². The number of hydrogen-bond acceptors (Lipinski definition) is 4. The molecule has 0 aliphatic carbocycles. The van der Waals surface area contributed by atoms with Gasteiger partial charge >= 0.3 is 0 Å². The molecule has 0 fully saturated rings. The van der Waals surface area contributed by atoms with Crippen LogP contribution in [0, 0.1) is 0 Å². The Labute approximate surface area is 84.1 Å². The number of pyridine rings is 1. The van der Waals surface area contributed by atoms with E-state index in [4.69, 9.17) is 5.73 Å². The summed E-state index contributed by atoms with van der Waals surface area (Å²) in [5.41, 5.74) is 6.65. The molecule has 0 aliphatic heterocycles. The molecule has 0 saturated carbocycles. The predicted molar refractivity (Wildman–Crippen MR) is 55.6 cm³/mol. The molecular weight excluding hydrogens is 200 g/mol. The van der Waals surface area contributed by atoms with Crippen LogP contribution in [0.1, 0.15) is 5.56 Å². The molecule has 2 N–H and O–H groups in total. The van der Waals surface area contributed by atoms with E-state index in [0.717, 1.165) is 5.56 Å². The molecule has 5 heteroatoms. The van der Waals surface area contributed by atoms with Gasteiger partial charge in [-0.2, -0.15) is 0 Å². The summed E-state index contributed by atoms with van der Waals surface area (Å²) in [6, 6.07) is 3.34. The molecule has 0 bridgehead atoms. The van der Waals surface area contributed by atoms with Gasteiger partial charge < -0.3 is 5.73 Å². The minimum Gasteiger partial charge on any atom is -0.326 e. The molecule has 0 aromatic carbocycles. The van der Waals surface area contributed by atoms with Crippen molar-refractivity contribution in [3.8, 4) is 0 Å². The Bertz CT molecular complexity index is 375. The molecule has 14 heavy (non-hydrogen) atoms. The standard InChI is InChI=1S/C9H14N2O2S/c1-14(12,13)7-9(10)5-8-3-2-4-11-6-8/h2-4,6,9H,5,7,10H2,1H3. The number of hydrogen-bond donors (Lipinski definition) is 1. The first-order chi connectivity index (χ1) is 6.47. The van der Waals surface area contributed by atoms with Crippen LogP contribution in [0.2, 0.25) is 0 Å². The molecule has 78 valence electrons. The SMILES string of the molecule is CS(=O)(=O)CC(N)Cc1cccnc1. The summed E-state index contributed by atoms with van der Waals surface area (Å²) in [5, 5.41) is 0. The van der Waals surface area contributed by atoms with Crippen LogP contribution >= 0.6 is 0 Å². The highest BCUT2D eigenvalue weighted by Crippen LogP contribution is 2.01. The van der Waals surface area contributed by atoms with Crippen LogP contribution in [-0.4, -0.2) is 31.5 Å². The number of rotatable bonds is 4. The molecule has 0 spiro atoms. The predicted octanol–water partition coefficient (Wildman–Crippen LogP) is -0.00400. The van der Waals surface area contributed by atoms with Crippen molar-refractivity contribution in [2.45, 2.75) is 12.5 Å². The highest BCUT2D eigenvalue weighted by atomic mass is 32.2. The van der Waals surface area contributed by atoms with Gasteiger partial charge in [0.25, 0.3) is 0 Å². The van der Waals surface area contributed by atoms with Gasteiger partial charge in [-0.1, -0.05) is 6.07 Å². The minimum absolute atomic E-state index is 0.0158. The molecule has 1 aromatic heterocycles. The van der Waals surface area contributed by atoms with Gasteiger partial charge in [0.05, 0.1) is 5.75 Å². The molecule has 0 aliphatic rings. The van der Waals surface area contributed by atoms with Gasteiger partial charge in [-0.05, 0) is 18.1 Å². The Morgan fingerprint density at radius 2 is 2.29 bits per heavy atom. The number of sulfone groups is 1. The monoisotopic (exact) mass is 214 g/mol. The van der Waals surface area contributed by atoms with Crippen molar-refractivity contribution in [1.29, 1.82) is 0 Å². The van der Waals surface area contributed by atoms with Gasteiger partial charge in [0, 0.05) is 24.7 Å². The number of nitrogens with zero attached hydrogens (tertiary/aromatic N) is 1. The van der Waals surface area contributed by atoms with Crippen molar-refractivity contribution < 1.29 is 8.42 Å². The zero-order valence-corrected chi connectivity index (χ0v) is 8.87. The van der Waals surface area contributed by atoms with Gasteiger partial charge in [0.15, 0.2) is 0 Å². The van der Waals surface area contributed by atoms with Crippen molar-refractivity contribution in [3.63, 3.8) is 0 Å². The average Bonchev–Trinajstić information content (AvgIpc) is 2.02. The van der Waals surface area contributed by atoms with Crippen molar-refractivity contribution in [2.24, 2.45) is 5.73 Å². The first-order valence-corrected chi connectivity index (χ1v) is 6.35. The molecule has 0 radical (unpaired) electrons. The lowest BCUT2D eigenvalue weighted by Gasteiger charge is -2.09. The van der Waals surface area contributed by atoms with E-state index in [2.05, 4.69) is 4.98 Å². The van der Waals surface area contributed by atoms with Crippen molar-refractivity contribution >= 4 is 9.84 Å². The summed E-state index contributed by atoms with van der Waals surface area (Å²) in [5.74, 6) is 0.0158. The maximum Gasteiger partial charge on any atom is 0.148 e. The molecule has 4 nitrogen and oxygen atoms in total. The highest BCUT2D eigenvalue weighted by molar-refractivity contribution is 7.90. The van der Waals surface area contributed by atoms with Crippen molar-refractivity contribution in [1.82, 2.24) is 4.98 Å². The van der Waals surface area contributed by atoms with Crippen LogP contribution in [0.15, 0.2) is 24.5 Å². The average molecular weight is 214 g/mol. The van der Waals surface area contributed by atoms with Gasteiger partial charge in [-0.15, -0.1) is 0 Å². The number of nitrogens with two attached hydrogens (primary N) is 1. The third kappa shape index (κ3) is 4.34. The molecule has 1 aromatic rings. The zero-order chi connectivity index (χ0) is 10.6. The Kier molecular flexibility index (Phi) is 3.60. The molecular formula is C9H14N2O2S. The molecule has 1 rings (SSSR count). The normalized spacial score (nSPS) is 13.9. The quantitative estimate of drug-likeness (QED) is 0.765. The largest absolute Gasteiger partial charge is 0.326 e. The number of aromatic nitrogens is 1. The fourth-order valence-electron chi connectivity index (χ4n) is 1.27. The molecule has 0 amide bonds. The lowest BCUT2D eigenvalue weighted by molar-refractivity contribution is 0.591.